The fourth-order valence-electron chi connectivity index (χ4n) is 1.92. The van der Waals surface area contributed by atoms with Gasteiger partial charge in [-0.15, -0.1) is 0 Å². The molecular weight excluding hydrogens is 266 g/mol. The number of benzene rings is 1. The van der Waals surface area contributed by atoms with Crippen molar-refractivity contribution in [2.75, 3.05) is 6.54 Å². The monoisotopic (exact) mass is 285 g/mol. The van der Waals surface area contributed by atoms with Gasteiger partial charge >= 0.3 is 6.03 Å². The van der Waals surface area contributed by atoms with Crippen molar-refractivity contribution < 1.29 is 9.90 Å². The van der Waals surface area contributed by atoms with Gasteiger partial charge in [0, 0.05) is 31.9 Å². The maximum Gasteiger partial charge on any atom is 0.315 e. The molecule has 5 heteroatoms. The van der Waals surface area contributed by atoms with Crippen LogP contribution in [0.5, 0.6) is 0 Å². The van der Waals surface area contributed by atoms with Crippen molar-refractivity contribution >= 4 is 6.03 Å². The zero-order valence-corrected chi connectivity index (χ0v) is 11.7. The molecule has 1 aromatic carbocycles. The van der Waals surface area contributed by atoms with Gasteiger partial charge in [0.1, 0.15) is 0 Å². The molecule has 0 aliphatic carbocycles. The molecule has 0 spiro atoms. The number of nitrogens with one attached hydrogen (secondary N) is 2. The normalized spacial score (nSPS) is 11.7. The fraction of sp³-hybridized carbons (Fsp3) is 0.250. The summed E-state index contributed by atoms with van der Waals surface area (Å²) in [6.45, 7) is 0.627. The lowest BCUT2D eigenvalue weighted by Gasteiger charge is -2.12. The number of aliphatic hydroxyl groups is 1. The molecule has 0 saturated heterocycles. The van der Waals surface area contributed by atoms with E-state index < -0.39 is 6.10 Å². The Bertz CT molecular complexity index is 546. The highest BCUT2D eigenvalue weighted by atomic mass is 16.3. The number of nitrogens with zero attached hydrogens (tertiary/aromatic N) is 1. The summed E-state index contributed by atoms with van der Waals surface area (Å²) >= 11 is 0. The lowest BCUT2D eigenvalue weighted by atomic mass is 10.1. The molecule has 0 fully saturated rings. The number of carbonyl (C=O) groups is 1. The topological polar surface area (TPSA) is 74.2 Å². The number of amides is 2. The summed E-state index contributed by atoms with van der Waals surface area (Å²) < 4.78 is 0. The molecule has 0 radical (unpaired) electrons. The molecule has 1 heterocycles. The Kier molecular flexibility index (Phi) is 5.72. The zero-order valence-electron chi connectivity index (χ0n) is 11.7. The first-order valence-electron chi connectivity index (χ1n) is 6.86. The quantitative estimate of drug-likeness (QED) is 0.752. The molecule has 0 aliphatic heterocycles. The van der Waals surface area contributed by atoms with Crippen LogP contribution in [0.1, 0.15) is 11.1 Å². The number of urea groups is 1. The van der Waals surface area contributed by atoms with Crippen LogP contribution in [0.2, 0.25) is 0 Å². The van der Waals surface area contributed by atoms with Gasteiger partial charge in [-0.25, -0.2) is 4.79 Å². The molecule has 0 saturated carbocycles. The lowest BCUT2D eigenvalue weighted by Crippen LogP contribution is -2.40. The third-order valence-corrected chi connectivity index (χ3v) is 2.99. The summed E-state index contributed by atoms with van der Waals surface area (Å²) in [6, 6.07) is 13.1. The van der Waals surface area contributed by atoms with E-state index in [2.05, 4.69) is 15.6 Å². The number of carbonyl (C=O) groups excluding carboxylic acids is 1. The molecule has 1 unspecified atom stereocenters. The number of pyridine rings is 1. The van der Waals surface area contributed by atoms with Crippen LogP contribution in [-0.2, 0) is 13.0 Å². The highest BCUT2D eigenvalue weighted by Crippen LogP contribution is 2.02. The summed E-state index contributed by atoms with van der Waals surface area (Å²) in [4.78, 5) is 15.6. The molecule has 0 aliphatic rings. The summed E-state index contributed by atoms with van der Waals surface area (Å²) in [5.41, 5.74) is 1.97. The standard InChI is InChI=1S/C16H19N3O2/c20-15(9-13-5-2-1-3-6-13)12-19-16(21)18-11-14-7-4-8-17-10-14/h1-8,10,15,20H,9,11-12H2,(H2,18,19,21). The maximum atomic E-state index is 11.6. The van der Waals surface area contributed by atoms with E-state index in [0.717, 1.165) is 11.1 Å². The Morgan fingerprint density at radius 3 is 2.57 bits per heavy atom. The first-order valence-corrected chi connectivity index (χ1v) is 6.86. The second-order valence-electron chi connectivity index (χ2n) is 4.77. The smallest absolute Gasteiger partial charge is 0.315 e. The van der Waals surface area contributed by atoms with Crippen LogP contribution in [0.3, 0.4) is 0 Å². The van der Waals surface area contributed by atoms with E-state index in [0.29, 0.717) is 13.0 Å². The summed E-state index contributed by atoms with van der Waals surface area (Å²) in [5.74, 6) is 0. The molecule has 0 bridgehead atoms. The fourth-order valence-corrected chi connectivity index (χ4v) is 1.92. The molecule has 1 aromatic heterocycles. The minimum Gasteiger partial charge on any atom is -0.391 e. The Labute approximate surface area is 124 Å². The van der Waals surface area contributed by atoms with Gasteiger partial charge in [-0.1, -0.05) is 36.4 Å². The van der Waals surface area contributed by atoms with E-state index in [1.807, 2.05) is 42.5 Å². The van der Waals surface area contributed by atoms with Gasteiger partial charge in [-0.05, 0) is 17.2 Å². The lowest BCUT2D eigenvalue weighted by molar-refractivity contribution is 0.170. The predicted molar refractivity (Wildman–Crippen MR) is 80.6 cm³/mol. The van der Waals surface area contributed by atoms with Gasteiger partial charge in [0.25, 0.3) is 0 Å². The molecule has 2 rings (SSSR count). The first-order chi connectivity index (χ1) is 10.2. The summed E-state index contributed by atoms with van der Waals surface area (Å²) in [6.07, 6.45) is 3.30. The Balaban J connectivity index is 1.66. The van der Waals surface area contributed by atoms with E-state index in [9.17, 15) is 9.90 Å². The molecule has 110 valence electrons. The van der Waals surface area contributed by atoms with E-state index in [4.69, 9.17) is 0 Å². The van der Waals surface area contributed by atoms with Crippen molar-refractivity contribution in [1.29, 1.82) is 0 Å². The average Bonchev–Trinajstić information content (AvgIpc) is 2.53. The molecule has 1 atom stereocenters. The molecule has 2 amide bonds. The SMILES string of the molecule is O=C(NCc1cccnc1)NCC(O)Cc1ccccc1. The minimum atomic E-state index is -0.600. The molecular formula is C16H19N3O2. The van der Waals surface area contributed by atoms with Gasteiger partial charge in [-0.3, -0.25) is 4.98 Å². The second-order valence-corrected chi connectivity index (χ2v) is 4.77. The van der Waals surface area contributed by atoms with Crippen LogP contribution in [0.25, 0.3) is 0 Å². The summed E-state index contributed by atoms with van der Waals surface area (Å²) in [5, 5.41) is 15.3. The minimum absolute atomic E-state index is 0.216. The van der Waals surface area contributed by atoms with Crippen molar-refractivity contribution in [3.05, 3.63) is 66.0 Å². The Hall–Kier alpha value is -2.40. The average molecular weight is 285 g/mol. The van der Waals surface area contributed by atoms with Crippen LogP contribution in [-0.4, -0.2) is 28.8 Å². The van der Waals surface area contributed by atoms with E-state index >= 15 is 0 Å². The van der Waals surface area contributed by atoms with Crippen LogP contribution in [0.15, 0.2) is 54.9 Å². The number of aliphatic hydroxyl groups excluding tert-OH is 1. The van der Waals surface area contributed by atoms with Crippen molar-refractivity contribution in [2.24, 2.45) is 0 Å². The van der Waals surface area contributed by atoms with Gasteiger partial charge in [0.15, 0.2) is 0 Å². The highest BCUT2D eigenvalue weighted by molar-refractivity contribution is 5.73. The molecule has 2 aromatic rings. The number of hydrogen-bond donors (Lipinski definition) is 3. The van der Waals surface area contributed by atoms with Crippen molar-refractivity contribution in [3.8, 4) is 0 Å². The van der Waals surface area contributed by atoms with E-state index in [1.165, 1.54) is 0 Å². The Morgan fingerprint density at radius 2 is 1.86 bits per heavy atom. The van der Waals surface area contributed by atoms with Crippen molar-refractivity contribution in [1.82, 2.24) is 15.6 Å². The van der Waals surface area contributed by atoms with Crippen molar-refractivity contribution in [3.63, 3.8) is 0 Å². The Morgan fingerprint density at radius 1 is 1.10 bits per heavy atom. The third kappa shape index (κ3) is 5.62. The second kappa shape index (κ2) is 8.01. The van der Waals surface area contributed by atoms with Crippen LogP contribution in [0.4, 0.5) is 4.79 Å². The zero-order chi connectivity index (χ0) is 14.9. The first kappa shape index (κ1) is 15.0. The van der Waals surface area contributed by atoms with Gasteiger partial charge in [-0.2, -0.15) is 0 Å². The third-order valence-electron chi connectivity index (χ3n) is 2.99. The number of rotatable bonds is 6. The molecule has 21 heavy (non-hydrogen) atoms. The van der Waals surface area contributed by atoms with Gasteiger partial charge in [0.05, 0.1) is 6.10 Å². The number of aromatic nitrogens is 1. The van der Waals surface area contributed by atoms with Gasteiger partial charge < -0.3 is 15.7 Å². The van der Waals surface area contributed by atoms with E-state index in [1.54, 1.807) is 12.4 Å². The van der Waals surface area contributed by atoms with Gasteiger partial charge in [0.2, 0.25) is 0 Å². The molecule has 3 N–H and O–H groups in total. The van der Waals surface area contributed by atoms with Crippen LogP contribution >= 0.6 is 0 Å². The van der Waals surface area contributed by atoms with Crippen LogP contribution < -0.4 is 10.6 Å². The molecule has 5 nitrogen and oxygen atoms in total. The van der Waals surface area contributed by atoms with Crippen LogP contribution in [0, 0.1) is 0 Å². The maximum absolute atomic E-state index is 11.6. The van der Waals surface area contributed by atoms with E-state index in [-0.39, 0.29) is 12.6 Å². The highest BCUT2D eigenvalue weighted by Gasteiger charge is 2.07. The predicted octanol–water partition coefficient (Wildman–Crippen LogP) is 1.48. The number of hydrogen-bond acceptors (Lipinski definition) is 3. The summed E-state index contributed by atoms with van der Waals surface area (Å²) in [7, 11) is 0. The van der Waals surface area contributed by atoms with Crippen molar-refractivity contribution in [2.45, 2.75) is 19.1 Å². The largest absolute Gasteiger partial charge is 0.391 e.